The predicted molar refractivity (Wildman–Crippen MR) is 117 cm³/mol. The zero-order valence-electron chi connectivity index (χ0n) is 18.8. The Bertz CT molecular complexity index is 1160. The van der Waals surface area contributed by atoms with Crippen molar-refractivity contribution in [1.82, 2.24) is 14.8 Å². The summed E-state index contributed by atoms with van der Waals surface area (Å²) in [6.45, 7) is 8.04. The molecule has 1 fully saturated rings. The Balaban J connectivity index is 1.72. The standard InChI is InChI=1S/C22H29N4O5S/c1-5-14(2)12-25-19-7-6-17(32(29,30)24-22(4)8-9-22)11-18(19)20(27)26(21(25)28)13-16-10-15(3)23-31-16/h6-7,10-11,14,18,24H,5,8-9,12-13H2,1-4H3/q+1/t14-,18?/m0/s1. The summed E-state index contributed by atoms with van der Waals surface area (Å²) in [6.07, 6.45) is 6.93. The van der Waals surface area contributed by atoms with Crippen LogP contribution in [0, 0.1) is 18.8 Å². The average molecular weight is 462 g/mol. The number of imide groups is 1. The Labute approximate surface area is 187 Å². The molecule has 0 saturated heterocycles. The van der Waals surface area contributed by atoms with Gasteiger partial charge in [0.05, 0.1) is 17.1 Å². The second-order valence-electron chi connectivity index (χ2n) is 9.24. The van der Waals surface area contributed by atoms with E-state index in [1.165, 1.54) is 12.2 Å². The molecule has 1 unspecified atom stereocenters. The first-order chi connectivity index (χ1) is 15.0. The summed E-state index contributed by atoms with van der Waals surface area (Å²) >= 11 is 0. The molecule has 3 amide bonds. The highest BCUT2D eigenvalue weighted by Gasteiger charge is 2.49. The molecule has 0 bridgehead atoms. The summed E-state index contributed by atoms with van der Waals surface area (Å²) in [5.41, 5.74) is 0.721. The van der Waals surface area contributed by atoms with Crippen molar-refractivity contribution < 1.29 is 27.1 Å². The van der Waals surface area contributed by atoms with E-state index in [1.807, 2.05) is 20.8 Å². The second-order valence-corrected chi connectivity index (χ2v) is 10.9. The van der Waals surface area contributed by atoms with Crippen LogP contribution in [0.2, 0.25) is 0 Å². The molecule has 2 atom stereocenters. The Hall–Kier alpha value is -2.59. The summed E-state index contributed by atoms with van der Waals surface area (Å²) in [6, 6.07) is 1.23. The van der Waals surface area contributed by atoms with E-state index in [0.29, 0.717) is 23.7 Å². The van der Waals surface area contributed by atoms with Gasteiger partial charge in [0.2, 0.25) is 10.0 Å². The highest BCUT2D eigenvalue weighted by Crippen LogP contribution is 2.36. The zero-order valence-corrected chi connectivity index (χ0v) is 19.6. The van der Waals surface area contributed by atoms with Crippen LogP contribution in [0.5, 0.6) is 0 Å². The minimum Gasteiger partial charge on any atom is -0.357 e. The number of aromatic nitrogens is 1. The first-order valence-electron chi connectivity index (χ1n) is 10.9. The summed E-state index contributed by atoms with van der Waals surface area (Å²) < 4.78 is 35.3. The van der Waals surface area contributed by atoms with Gasteiger partial charge in [-0.15, -0.1) is 0 Å². The Morgan fingerprint density at radius 3 is 2.66 bits per heavy atom. The smallest absolute Gasteiger partial charge is 0.357 e. The second kappa shape index (κ2) is 8.08. The molecule has 3 aliphatic rings. The van der Waals surface area contributed by atoms with Crippen molar-refractivity contribution in [2.75, 3.05) is 6.54 Å². The van der Waals surface area contributed by atoms with Crippen LogP contribution in [-0.2, 0) is 21.4 Å². The Morgan fingerprint density at radius 1 is 1.34 bits per heavy atom. The van der Waals surface area contributed by atoms with Gasteiger partial charge in [0.25, 0.3) is 0 Å². The maximum absolute atomic E-state index is 13.4. The number of nitrogens with zero attached hydrogens (tertiary/aromatic N) is 3. The first kappa shape index (κ1) is 22.6. The van der Waals surface area contributed by atoms with Gasteiger partial charge in [-0.25, -0.2) is 17.9 Å². The van der Waals surface area contributed by atoms with E-state index >= 15 is 0 Å². The fraction of sp³-hybridized carbons (Fsp3) is 0.545. The molecule has 0 spiro atoms. The van der Waals surface area contributed by atoms with Crippen LogP contribution >= 0.6 is 0 Å². The average Bonchev–Trinajstić information content (AvgIpc) is 3.31. The lowest BCUT2D eigenvalue weighted by molar-refractivity contribution is -0.448. The predicted octanol–water partition coefficient (Wildman–Crippen LogP) is 2.49. The number of amides is 3. The number of allylic oxidation sites excluding steroid dienone is 2. The third kappa shape index (κ3) is 4.33. The van der Waals surface area contributed by atoms with Gasteiger partial charge in [0.1, 0.15) is 11.6 Å². The summed E-state index contributed by atoms with van der Waals surface area (Å²) in [7, 11) is -3.78. The van der Waals surface area contributed by atoms with Gasteiger partial charge in [-0.1, -0.05) is 19.0 Å². The fourth-order valence-corrected chi connectivity index (χ4v) is 5.35. The molecule has 2 aliphatic carbocycles. The van der Waals surface area contributed by atoms with E-state index in [-0.39, 0.29) is 17.4 Å². The fourth-order valence-electron chi connectivity index (χ4n) is 3.82. The summed E-state index contributed by atoms with van der Waals surface area (Å²) in [4.78, 5) is 27.8. The lowest BCUT2D eigenvalue weighted by Gasteiger charge is -2.28. The van der Waals surface area contributed by atoms with E-state index < -0.39 is 33.4 Å². The van der Waals surface area contributed by atoms with Crippen molar-refractivity contribution in [2.24, 2.45) is 11.8 Å². The van der Waals surface area contributed by atoms with Crippen LogP contribution in [0.1, 0.15) is 51.5 Å². The van der Waals surface area contributed by atoms with E-state index in [4.69, 9.17) is 4.52 Å². The van der Waals surface area contributed by atoms with Gasteiger partial charge >= 0.3 is 11.9 Å². The molecular weight excluding hydrogens is 432 g/mol. The van der Waals surface area contributed by atoms with Crippen molar-refractivity contribution in [3.8, 4) is 0 Å². The molecule has 1 aliphatic heterocycles. The molecule has 9 nitrogen and oxygen atoms in total. The van der Waals surface area contributed by atoms with Crippen molar-refractivity contribution in [3.05, 3.63) is 40.7 Å². The number of carbonyl (C=O) groups excluding carboxylic acids is 2. The van der Waals surface area contributed by atoms with Crippen molar-refractivity contribution in [2.45, 2.75) is 59.0 Å². The molecule has 1 aromatic heterocycles. The number of rotatable bonds is 8. The molecule has 0 radical (unpaired) electrons. The first-order valence-corrected chi connectivity index (χ1v) is 12.4. The van der Waals surface area contributed by atoms with Crippen molar-refractivity contribution in [1.29, 1.82) is 0 Å². The van der Waals surface area contributed by atoms with E-state index in [2.05, 4.69) is 9.88 Å². The number of fused-ring (bicyclic) bond motifs is 1. The van der Waals surface area contributed by atoms with Crippen LogP contribution in [0.15, 0.2) is 33.7 Å². The van der Waals surface area contributed by atoms with Gasteiger partial charge in [0.15, 0.2) is 12.3 Å². The number of hydrogen-bond acceptors (Lipinski definition) is 6. The quantitative estimate of drug-likeness (QED) is 0.595. The van der Waals surface area contributed by atoms with E-state index in [1.54, 1.807) is 23.6 Å². The van der Waals surface area contributed by atoms with E-state index in [0.717, 1.165) is 24.2 Å². The molecule has 0 aromatic carbocycles. The summed E-state index contributed by atoms with van der Waals surface area (Å²) in [5.74, 6) is -0.755. The molecule has 1 saturated carbocycles. The lowest BCUT2D eigenvalue weighted by Crippen LogP contribution is -2.55. The zero-order chi connectivity index (χ0) is 23.3. The van der Waals surface area contributed by atoms with Crippen LogP contribution in [0.4, 0.5) is 4.79 Å². The van der Waals surface area contributed by atoms with Crippen LogP contribution in [0.25, 0.3) is 0 Å². The number of carbonyl (C=O) groups is 2. The lowest BCUT2D eigenvalue weighted by atomic mass is 9.93. The third-order valence-electron chi connectivity index (χ3n) is 6.25. The molecule has 32 heavy (non-hydrogen) atoms. The number of nitrogens with one attached hydrogen (secondary N) is 1. The number of urea groups is 1. The maximum atomic E-state index is 13.4. The number of sulfonamides is 1. The topological polar surface area (TPSA) is 113 Å². The van der Waals surface area contributed by atoms with Crippen LogP contribution in [0.3, 0.4) is 0 Å². The van der Waals surface area contributed by atoms with Gasteiger partial charge < -0.3 is 4.52 Å². The molecule has 1 N–H and O–H groups in total. The molecule has 4 rings (SSSR count). The highest BCUT2D eigenvalue weighted by molar-refractivity contribution is 7.93. The minimum atomic E-state index is -3.78. The van der Waals surface area contributed by atoms with Crippen molar-refractivity contribution >= 4 is 27.7 Å². The van der Waals surface area contributed by atoms with Gasteiger partial charge in [0, 0.05) is 11.6 Å². The van der Waals surface area contributed by atoms with Crippen molar-refractivity contribution in [3.63, 3.8) is 0 Å². The largest absolute Gasteiger partial charge is 0.501 e. The van der Waals surface area contributed by atoms with E-state index in [9.17, 15) is 18.0 Å². The normalized spacial score (nSPS) is 23.3. The molecule has 10 heteroatoms. The number of hydrogen-bond donors (Lipinski definition) is 1. The third-order valence-corrected chi connectivity index (χ3v) is 7.90. The number of aryl methyl sites for hydroxylation is 1. The van der Waals surface area contributed by atoms with Gasteiger partial charge in [-0.3, -0.25) is 0 Å². The molecular formula is C22H29N4O5S+. The summed E-state index contributed by atoms with van der Waals surface area (Å²) in [5, 5.41) is 3.82. The molecule has 2 heterocycles. The van der Waals surface area contributed by atoms with Crippen LogP contribution in [-0.4, -0.2) is 52.8 Å². The monoisotopic (exact) mass is 461 g/mol. The minimum absolute atomic E-state index is 0.0426. The van der Waals surface area contributed by atoms with Gasteiger partial charge in [-0.05, 0) is 57.3 Å². The van der Waals surface area contributed by atoms with Gasteiger partial charge in [-0.2, -0.15) is 14.3 Å². The van der Waals surface area contributed by atoms with Crippen LogP contribution < -0.4 is 4.72 Å². The Kier molecular flexibility index (Phi) is 5.70. The Morgan fingerprint density at radius 2 is 2.06 bits per heavy atom. The maximum Gasteiger partial charge on any atom is 0.501 e. The molecule has 172 valence electrons. The SMILES string of the molecule is CC[C@H](C)C[N+]1=C2C=CC(S(=O)(=O)NC3(C)CC3)=CC2C(=O)N(Cc2cc(C)no2)C1=O. The highest BCUT2D eigenvalue weighted by atomic mass is 32.2. The molecule has 1 aromatic rings.